The highest BCUT2D eigenvalue weighted by molar-refractivity contribution is 7.89. The van der Waals surface area contributed by atoms with Gasteiger partial charge in [-0.3, -0.25) is 4.79 Å². The van der Waals surface area contributed by atoms with E-state index >= 15 is 0 Å². The standard InChI is InChI=1S/C12H13F2N3O3S/c1-17(7-11(16)18)21(19,20)12-8(3-2-4-15)5-9(13)6-10(12)14/h5-6H,4,7,15H2,1H3,(H2,16,18). The number of hydrogen-bond donors (Lipinski definition) is 2. The van der Waals surface area contributed by atoms with Crippen LogP contribution in [0.2, 0.25) is 0 Å². The number of sulfonamides is 1. The van der Waals surface area contributed by atoms with Crippen molar-refractivity contribution in [3.8, 4) is 11.8 Å². The topological polar surface area (TPSA) is 106 Å². The summed E-state index contributed by atoms with van der Waals surface area (Å²) in [5.41, 5.74) is 9.68. The van der Waals surface area contributed by atoms with Crippen molar-refractivity contribution in [2.75, 3.05) is 20.1 Å². The molecule has 0 aliphatic rings. The Bertz CT molecular complexity index is 723. The van der Waals surface area contributed by atoms with Gasteiger partial charge in [-0.1, -0.05) is 11.8 Å². The van der Waals surface area contributed by atoms with Gasteiger partial charge in [0.1, 0.15) is 16.5 Å². The number of benzene rings is 1. The number of nitrogens with two attached hydrogens (primary N) is 2. The first kappa shape index (κ1) is 17.0. The third-order valence-electron chi connectivity index (χ3n) is 2.38. The molecule has 0 fully saturated rings. The van der Waals surface area contributed by atoms with Gasteiger partial charge in [-0.25, -0.2) is 17.2 Å². The van der Waals surface area contributed by atoms with Gasteiger partial charge in [0.15, 0.2) is 0 Å². The molecule has 21 heavy (non-hydrogen) atoms. The maximum Gasteiger partial charge on any atom is 0.247 e. The molecule has 0 radical (unpaired) electrons. The quantitative estimate of drug-likeness (QED) is 0.722. The third-order valence-corrected chi connectivity index (χ3v) is 4.26. The number of halogens is 2. The number of primary amides is 1. The first-order valence-corrected chi connectivity index (χ1v) is 7.06. The monoisotopic (exact) mass is 317 g/mol. The molecule has 1 aromatic carbocycles. The molecule has 0 aromatic heterocycles. The molecule has 0 heterocycles. The van der Waals surface area contributed by atoms with E-state index in [0.29, 0.717) is 10.4 Å². The molecule has 114 valence electrons. The number of carbonyl (C=O) groups is 1. The zero-order chi connectivity index (χ0) is 16.2. The fourth-order valence-electron chi connectivity index (χ4n) is 1.52. The summed E-state index contributed by atoms with van der Waals surface area (Å²) in [5.74, 6) is 1.40. The van der Waals surface area contributed by atoms with Crippen molar-refractivity contribution < 1.29 is 22.0 Å². The van der Waals surface area contributed by atoms with E-state index in [-0.39, 0.29) is 12.1 Å². The molecule has 1 amide bonds. The van der Waals surface area contributed by atoms with Gasteiger partial charge >= 0.3 is 0 Å². The number of carbonyl (C=O) groups excluding carboxylic acids is 1. The summed E-state index contributed by atoms with van der Waals surface area (Å²) < 4.78 is 52.1. The average molecular weight is 317 g/mol. The summed E-state index contributed by atoms with van der Waals surface area (Å²) in [6.07, 6.45) is 0. The molecule has 0 bridgehead atoms. The minimum absolute atomic E-state index is 0.116. The second-order valence-electron chi connectivity index (χ2n) is 4.00. The van der Waals surface area contributed by atoms with Gasteiger partial charge in [-0.15, -0.1) is 0 Å². The van der Waals surface area contributed by atoms with Crippen LogP contribution in [0.5, 0.6) is 0 Å². The SMILES string of the molecule is CN(CC(N)=O)S(=O)(=O)c1c(F)cc(F)cc1C#CCN. The van der Waals surface area contributed by atoms with Gasteiger partial charge in [-0.05, 0) is 6.07 Å². The highest BCUT2D eigenvalue weighted by Crippen LogP contribution is 2.23. The minimum atomic E-state index is -4.40. The molecular formula is C12H13F2N3O3S. The summed E-state index contributed by atoms with van der Waals surface area (Å²) in [6.45, 7) is -0.766. The lowest BCUT2D eigenvalue weighted by atomic mass is 10.2. The van der Waals surface area contributed by atoms with Crippen molar-refractivity contribution >= 4 is 15.9 Å². The summed E-state index contributed by atoms with van der Waals surface area (Å²) in [6, 6.07) is 1.19. The van der Waals surface area contributed by atoms with E-state index in [1.807, 2.05) is 0 Å². The highest BCUT2D eigenvalue weighted by Gasteiger charge is 2.29. The minimum Gasteiger partial charge on any atom is -0.369 e. The average Bonchev–Trinajstić information content (AvgIpc) is 2.34. The molecule has 0 saturated heterocycles. The van der Waals surface area contributed by atoms with Crippen LogP contribution in [0.15, 0.2) is 17.0 Å². The van der Waals surface area contributed by atoms with Crippen LogP contribution in [-0.2, 0) is 14.8 Å². The van der Waals surface area contributed by atoms with Crippen LogP contribution < -0.4 is 11.5 Å². The number of amides is 1. The number of nitrogens with zero attached hydrogens (tertiary/aromatic N) is 1. The lowest BCUT2D eigenvalue weighted by Gasteiger charge is -2.17. The third kappa shape index (κ3) is 3.98. The molecule has 0 aliphatic carbocycles. The maximum atomic E-state index is 13.9. The van der Waals surface area contributed by atoms with Crippen LogP contribution >= 0.6 is 0 Å². The molecule has 0 spiro atoms. The van der Waals surface area contributed by atoms with Crippen molar-refractivity contribution in [1.29, 1.82) is 0 Å². The first-order valence-electron chi connectivity index (χ1n) is 5.62. The predicted octanol–water partition coefficient (Wildman–Crippen LogP) is -0.619. The summed E-state index contributed by atoms with van der Waals surface area (Å²) in [7, 11) is -3.35. The Labute approximate surface area is 120 Å². The number of likely N-dealkylation sites (N-methyl/N-ethyl adjacent to an activating group) is 1. The molecule has 0 saturated carbocycles. The van der Waals surface area contributed by atoms with Crippen molar-refractivity contribution in [3.05, 3.63) is 29.3 Å². The van der Waals surface area contributed by atoms with Gasteiger partial charge in [0.25, 0.3) is 0 Å². The molecular weight excluding hydrogens is 304 g/mol. The lowest BCUT2D eigenvalue weighted by Crippen LogP contribution is -2.36. The van der Waals surface area contributed by atoms with Crippen LogP contribution in [0.3, 0.4) is 0 Å². The van der Waals surface area contributed by atoms with Crippen molar-refractivity contribution in [2.24, 2.45) is 11.5 Å². The summed E-state index contributed by atoms with van der Waals surface area (Å²) in [4.78, 5) is 9.98. The van der Waals surface area contributed by atoms with Gasteiger partial charge in [0, 0.05) is 13.1 Å². The van der Waals surface area contributed by atoms with E-state index in [0.717, 1.165) is 13.1 Å². The largest absolute Gasteiger partial charge is 0.369 e. The van der Waals surface area contributed by atoms with E-state index < -0.39 is 39.0 Å². The van der Waals surface area contributed by atoms with Crippen LogP contribution in [-0.4, -0.2) is 38.8 Å². The Morgan fingerprint density at radius 3 is 2.52 bits per heavy atom. The van der Waals surface area contributed by atoms with Gasteiger partial charge in [-0.2, -0.15) is 4.31 Å². The zero-order valence-corrected chi connectivity index (χ0v) is 11.9. The van der Waals surface area contributed by atoms with Crippen molar-refractivity contribution in [2.45, 2.75) is 4.90 Å². The fraction of sp³-hybridized carbons (Fsp3) is 0.250. The Kier molecular flexibility index (Phi) is 5.37. The Morgan fingerprint density at radius 2 is 2.00 bits per heavy atom. The van der Waals surface area contributed by atoms with E-state index in [4.69, 9.17) is 11.5 Å². The normalized spacial score (nSPS) is 11.1. The van der Waals surface area contributed by atoms with Crippen molar-refractivity contribution in [3.63, 3.8) is 0 Å². The summed E-state index contributed by atoms with van der Waals surface area (Å²) in [5, 5.41) is 0. The molecule has 9 heteroatoms. The molecule has 1 aromatic rings. The smallest absolute Gasteiger partial charge is 0.247 e. The second-order valence-corrected chi connectivity index (χ2v) is 5.98. The molecule has 4 N–H and O–H groups in total. The maximum absolute atomic E-state index is 13.9. The molecule has 1 rings (SSSR count). The lowest BCUT2D eigenvalue weighted by molar-refractivity contribution is -0.118. The Morgan fingerprint density at radius 1 is 1.38 bits per heavy atom. The van der Waals surface area contributed by atoms with E-state index in [2.05, 4.69) is 11.8 Å². The van der Waals surface area contributed by atoms with E-state index in [9.17, 15) is 22.0 Å². The van der Waals surface area contributed by atoms with Gasteiger partial charge in [0.05, 0.1) is 18.7 Å². The molecule has 0 aliphatic heterocycles. The van der Waals surface area contributed by atoms with Crippen LogP contribution in [0.25, 0.3) is 0 Å². The fourth-order valence-corrected chi connectivity index (χ4v) is 2.82. The van der Waals surface area contributed by atoms with Crippen molar-refractivity contribution in [1.82, 2.24) is 4.31 Å². The van der Waals surface area contributed by atoms with E-state index in [1.54, 1.807) is 0 Å². The highest BCUT2D eigenvalue weighted by atomic mass is 32.2. The Balaban J connectivity index is 3.50. The van der Waals surface area contributed by atoms with Gasteiger partial charge in [0.2, 0.25) is 15.9 Å². The van der Waals surface area contributed by atoms with Crippen LogP contribution in [0.4, 0.5) is 8.78 Å². The number of hydrogen-bond acceptors (Lipinski definition) is 4. The summed E-state index contributed by atoms with van der Waals surface area (Å²) >= 11 is 0. The van der Waals surface area contributed by atoms with E-state index in [1.165, 1.54) is 0 Å². The van der Waals surface area contributed by atoms with Crippen LogP contribution in [0, 0.1) is 23.5 Å². The zero-order valence-electron chi connectivity index (χ0n) is 11.1. The van der Waals surface area contributed by atoms with Crippen LogP contribution in [0.1, 0.15) is 5.56 Å². The molecule has 0 atom stereocenters. The predicted molar refractivity (Wildman–Crippen MR) is 71.3 cm³/mol. The number of rotatable bonds is 4. The second kappa shape index (κ2) is 6.62. The first-order chi connectivity index (χ1) is 9.70. The Hall–Kier alpha value is -2.02. The molecule has 0 unspecified atom stereocenters. The molecule has 6 nitrogen and oxygen atoms in total. The van der Waals surface area contributed by atoms with Gasteiger partial charge < -0.3 is 11.5 Å².